The second-order valence-electron chi connectivity index (χ2n) is 5.84. The van der Waals surface area contributed by atoms with Crippen molar-refractivity contribution < 1.29 is 4.39 Å². The van der Waals surface area contributed by atoms with Gasteiger partial charge in [-0.25, -0.2) is 19.3 Å². The average molecular weight is 375 g/mol. The van der Waals surface area contributed by atoms with Crippen LogP contribution in [0.3, 0.4) is 0 Å². The monoisotopic (exact) mass is 375 g/mol. The van der Waals surface area contributed by atoms with E-state index in [1.807, 2.05) is 35.1 Å². The molecule has 1 aromatic carbocycles. The van der Waals surface area contributed by atoms with Crippen LogP contribution in [-0.4, -0.2) is 25.6 Å². The lowest BCUT2D eigenvalue weighted by atomic mass is 10.1. The summed E-state index contributed by atoms with van der Waals surface area (Å²) in [5, 5.41) is 9.62. The molecule has 0 saturated heterocycles. The van der Waals surface area contributed by atoms with Gasteiger partial charge in [0.2, 0.25) is 0 Å². The van der Waals surface area contributed by atoms with E-state index in [9.17, 15) is 4.39 Å². The van der Waals surface area contributed by atoms with Crippen molar-refractivity contribution in [1.82, 2.24) is 19.4 Å². The highest BCUT2D eigenvalue weighted by molar-refractivity contribution is 7.98. The minimum Gasteiger partial charge on any atom is -0.298 e. The summed E-state index contributed by atoms with van der Waals surface area (Å²) in [6, 6.07) is 14.0. The van der Waals surface area contributed by atoms with Crippen molar-refractivity contribution >= 4 is 17.4 Å². The number of hydrogen-bond donors (Lipinski definition) is 0. The number of thioether (sulfide) groups is 1. The fourth-order valence-corrected chi connectivity index (χ4v) is 3.27. The zero-order valence-electron chi connectivity index (χ0n) is 14.4. The number of hydrogen-bond acceptors (Lipinski definition) is 5. The van der Waals surface area contributed by atoms with Crippen molar-refractivity contribution in [2.45, 2.75) is 11.6 Å². The summed E-state index contributed by atoms with van der Waals surface area (Å²) in [4.78, 5) is 13.6. The molecule has 0 amide bonds. The molecule has 0 aliphatic heterocycles. The van der Waals surface area contributed by atoms with Crippen LogP contribution in [0.2, 0.25) is 0 Å². The minimum absolute atomic E-state index is 0.299. The maximum absolute atomic E-state index is 13.4. The molecule has 0 fully saturated rings. The van der Waals surface area contributed by atoms with Crippen molar-refractivity contribution in [2.75, 3.05) is 6.26 Å². The Labute approximate surface area is 159 Å². The summed E-state index contributed by atoms with van der Waals surface area (Å²) < 4.78 is 15.3. The SMILES string of the molecule is CSc1nccc(-c2c(-c3ccc(F)cc3)nc3cc(CC#N)ccn23)n1. The zero-order chi connectivity index (χ0) is 18.8. The summed E-state index contributed by atoms with van der Waals surface area (Å²) >= 11 is 1.46. The number of benzene rings is 1. The van der Waals surface area contributed by atoms with Gasteiger partial charge in [0.25, 0.3) is 0 Å². The highest BCUT2D eigenvalue weighted by atomic mass is 32.2. The summed E-state index contributed by atoms with van der Waals surface area (Å²) in [6.07, 6.45) is 5.83. The number of nitrogens with zero attached hydrogens (tertiary/aromatic N) is 5. The van der Waals surface area contributed by atoms with E-state index in [-0.39, 0.29) is 5.82 Å². The first-order chi connectivity index (χ1) is 13.2. The van der Waals surface area contributed by atoms with Gasteiger partial charge in [-0.3, -0.25) is 4.40 Å². The molecular weight excluding hydrogens is 361 g/mol. The lowest BCUT2D eigenvalue weighted by Gasteiger charge is -2.06. The Balaban J connectivity index is 1.99. The fraction of sp³-hybridized carbons (Fsp3) is 0.100. The molecule has 0 aliphatic rings. The Bertz CT molecular complexity index is 1160. The third-order valence-electron chi connectivity index (χ3n) is 4.15. The van der Waals surface area contributed by atoms with Gasteiger partial charge in [0.05, 0.1) is 29.6 Å². The van der Waals surface area contributed by atoms with Crippen molar-refractivity contribution in [3.8, 4) is 28.7 Å². The van der Waals surface area contributed by atoms with Crippen LogP contribution >= 0.6 is 11.8 Å². The van der Waals surface area contributed by atoms with Crippen LogP contribution in [0.25, 0.3) is 28.3 Å². The smallest absolute Gasteiger partial charge is 0.187 e. The molecule has 0 saturated carbocycles. The van der Waals surface area contributed by atoms with Crippen molar-refractivity contribution in [1.29, 1.82) is 5.26 Å². The van der Waals surface area contributed by atoms with E-state index in [1.54, 1.807) is 18.3 Å². The minimum atomic E-state index is -0.299. The van der Waals surface area contributed by atoms with Gasteiger partial charge < -0.3 is 0 Å². The molecule has 0 aliphatic carbocycles. The molecule has 5 nitrogen and oxygen atoms in total. The predicted molar refractivity (Wildman–Crippen MR) is 103 cm³/mol. The van der Waals surface area contributed by atoms with Crippen LogP contribution in [0, 0.1) is 17.1 Å². The van der Waals surface area contributed by atoms with Crippen LogP contribution in [0.15, 0.2) is 60.0 Å². The fourth-order valence-electron chi connectivity index (χ4n) is 2.91. The molecule has 132 valence electrons. The third-order valence-corrected chi connectivity index (χ3v) is 4.71. The first kappa shape index (κ1) is 17.2. The van der Waals surface area contributed by atoms with Gasteiger partial charge in [-0.15, -0.1) is 0 Å². The molecule has 4 aromatic rings. The lowest BCUT2D eigenvalue weighted by molar-refractivity contribution is 0.628. The quantitative estimate of drug-likeness (QED) is 0.391. The molecule has 0 atom stereocenters. The first-order valence-corrected chi connectivity index (χ1v) is 9.43. The van der Waals surface area contributed by atoms with Crippen molar-refractivity contribution in [2.24, 2.45) is 0 Å². The van der Waals surface area contributed by atoms with Gasteiger partial charge in [-0.2, -0.15) is 5.26 Å². The topological polar surface area (TPSA) is 66.9 Å². The number of aromatic nitrogens is 4. The first-order valence-electron chi connectivity index (χ1n) is 8.21. The Kier molecular flexibility index (Phi) is 4.57. The highest BCUT2D eigenvalue weighted by Gasteiger charge is 2.18. The number of halogens is 1. The molecule has 4 rings (SSSR count). The van der Waals surface area contributed by atoms with Gasteiger partial charge in [0, 0.05) is 18.0 Å². The molecule has 27 heavy (non-hydrogen) atoms. The molecule has 0 N–H and O–H groups in total. The van der Waals surface area contributed by atoms with Gasteiger partial charge in [0.1, 0.15) is 11.5 Å². The molecule has 0 bridgehead atoms. The van der Waals surface area contributed by atoms with Crippen LogP contribution in [0.1, 0.15) is 5.56 Å². The summed E-state index contributed by atoms with van der Waals surface area (Å²) in [6.45, 7) is 0. The number of rotatable bonds is 4. The van der Waals surface area contributed by atoms with Crippen molar-refractivity contribution in [3.05, 3.63) is 66.2 Å². The number of fused-ring (bicyclic) bond motifs is 1. The predicted octanol–water partition coefficient (Wildman–Crippen LogP) is 4.39. The maximum Gasteiger partial charge on any atom is 0.187 e. The van der Waals surface area contributed by atoms with Gasteiger partial charge in [-0.05, 0) is 54.3 Å². The molecule has 0 spiro atoms. The summed E-state index contributed by atoms with van der Waals surface area (Å²) in [5.41, 5.74) is 4.63. The van der Waals surface area contributed by atoms with E-state index in [1.165, 1.54) is 23.9 Å². The highest BCUT2D eigenvalue weighted by Crippen LogP contribution is 2.32. The van der Waals surface area contributed by atoms with Gasteiger partial charge in [0.15, 0.2) is 5.16 Å². The van der Waals surface area contributed by atoms with E-state index < -0.39 is 0 Å². The van der Waals surface area contributed by atoms with E-state index in [4.69, 9.17) is 10.2 Å². The van der Waals surface area contributed by atoms with Gasteiger partial charge in [-0.1, -0.05) is 11.8 Å². The Morgan fingerprint density at radius 3 is 2.70 bits per heavy atom. The van der Waals surface area contributed by atoms with Crippen LogP contribution < -0.4 is 0 Å². The Hall–Kier alpha value is -3.24. The molecule has 7 heteroatoms. The number of nitriles is 1. The van der Waals surface area contributed by atoms with E-state index >= 15 is 0 Å². The molecule has 3 aromatic heterocycles. The number of imidazole rings is 1. The molecule has 0 radical (unpaired) electrons. The van der Waals surface area contributed by atoms with Crippen LogP contribution in [0.5, 0.6) is 0 Å². The summed E-state index contributed by atoms with van der Waals surface area (Å²) in [7, 11) is 0. The van der Waals surface area contributed by atoms with Crippen LogP contribution in [0.4, 0.5) is 4.39 Å². The van der Waals surface area contributed by atoms with Crippen LogP contribution in [-0.2, 0) is 6.42 Å². The lowest BCUT2D eigenvalue weighted by Crippen LogP contribution is -1.95. The number of pyridine rings is 1. The largest absolute Gasteiger partial charge is 0.298 e. The normalized spacial score (nSPS) is 10.9. The standard InChI is InChI=1S/C20H14FN5S/c1-27-20-23-10-7-16(24-20)19-18(14-2-4-15(21)5-3-14)25-17-12-13(6-9-22)8-11-26(17)19/h2-5,7-8,10-12H,6H2,1H3. The molecule has 0 unspecified atom stereocenters. The van der Waals surface area contributed by atoms with E-state index in [0.29, 0.717) is 22.9 Å². The van der Waals surface area contributed by atoms with E-state index in [0.717, 1.165) is 22.5 Å². The second-order valence-corrected chi connectivity index (χ2v) is 6.62. The molecular formula is C20H14FN5S. The Morgan fingerprint density at radius 2 is 1.96 bits per heavy atom. The average Bonchev–Trinajstić information content (AvgIpc) is 3.07. The zero-order valence-corrected chi connectivity index (χ0v) is 15.2. The van der Waals surface area contributed by atoms with E-state index in [2.05, 4.69) is 16.0 Å². The second kappa shape index (κ2) is 7.17. The summed E-state index contributed by atoms with van der Waals surface area (Å²) in [5.74, 6) is -0.299. The Morgan fingerprint density at radius 1 is 1.15 bits per heavy atom. The van der Waals surface area contributed by atoms with Crippen molar-refractivity contribution in [3.63, 3.8) is 0 Å². The van der Waals surface area contributed by atoms with Gasteiger partial charge >= 0.3 is 0 Å². The maximum atomic E-state index is 13.4. The molecule has 3 heterocycles. The third kappa shape index (κ3) is 3.27.